The lowest BCUT2D eigenvalue weighted by atomic mass is 10.4. The highest BCUT2D eigenvalue weighted by atomic mass is 16.5. The van der Waals surface area contributed by atoms with Crippen molar-refractivity contribution in [2.75, 3.05) is 13.8 Å². The average molecular weight is 324 g/mol. The van der Waals surface area contributed by atoms with Crippen LogP contribution in [0.4, 0.5) is 0 Å². The quantitative estimate of drug-likeness (QED) is 0.0338. The first-order chi connectivity index (χ1) is 10.6. The summed E-state index contributed by atoms with van der Waals surface area (Å²) < 4.78 is 4.88. The van der Waals surface area contributed by atoms with E-state index in [9.17, 15) is 4.79 Å². The summed E-state index contributed by atoms with van der Waals surface area (Å²) in [5.74, 6) is 4.43. The van der Waals surface area contributed by atoms with Crippen molar-refractivity contribution in [2.45, 2.75) is 6.92 Å². The van der Waals surface area contributed by atoms with Crippen molar-refractivity contribution in [1.82, 2.24) is 71.4 Å². The molecule has 0 aromatic rings. The van der Waals surface area contributed by atoms with Gasteiger partial charge in [0.2, 0.25) is 0 Å². The highest BCUT2D eigenvalue weighted by Crippen LogP contribution is 1.91. The van der Waals surface area contributed by atoms with Crippen LogP contribution in [0.1, 0.15) is 6.92 Å². The van der Waals surface area contributed by atoms with Crippen LogP contribution in [0, 0.1) is 0 Å². The van der Waals surface area contributed by atoms with E-state index in [1.807, 2.05) is 0 Å². The molecule has 0 rings (SSSR count). The predicted molar refractivity (Wildman–Crippen MR) is 75.4 cm³/mol. The number of hydrogen-bond acceptors (Lipinski definition) is 16. The number of esters is 1. The molecule has 0 aromatic heterocycles. The molecule has 14 N–H and O–H groups in total. The molecule has 130 valence electrons. The molecule has 0 bridgehead atoms. The molecule has 0 aliphatic heterocycles. The topological polar surface area (TPSA) is 200 Å². The maximum absolute atomic E-state index is 11.1. The van der Waals surface area contributed by atoms with Crippen LogP contribution in [-0.2, 0) is 9.53 Å². The van der Waals surface area contributed by atoms with E-state index in [0.717, 1.165) is 0 Å². The van der Waals surface area contributed by atoms with E-state index in [-0.39, 0.29) is 6.73 Å². The summed E-state index contributed by atoms with van der Waals surface area (Å²) in [5, 5.41) is 1.47. The molecule has 0 aliphatic rings. The van der Waals surface area contributed by atoms with Gasteiger partial charge in [-0.2, -0.15) is 71.4 Å². The van der Waals surface area contributed by atoms with Crippen LogP contribution in [0.3, 0.4) is 0 Å². The van der Waals surface area contributed by atoms with Gasteiger partial charge in [0, 0.05) is 12.6 Å². The Bertz CT molecular complexity index is 301. The fourth-order valence-corrected chi connectivity index (χ4v) is 0.720. The molecule has 0 radical (unpaired) electrons. The molecule has 16 heteroatoms. The zero-order valence-corrected chi connectivity index (χ0v) is 12.3. The average Bonchev–Trinajstić information content (AvgIpc) is 2.50. The molecule has 0 fully saturated rings. The van der Waals surface area contributed by atoms with Gasteiger partial charge < -0.3 is 4.74 Å². The van der Waals surface area contributed by atoms with E-state index >= 15 is 0 Å². The highest BCUT2D eigenvalue weighted by Gasteiger charge is 2.04. The molecule has 0 saturated carbocycles. The van der Waals surface area contributed by atoms with E-state index in [0.29, 0.717) is 5.57 Å². The summed E-state index contributed by atoms with van der Waals surface area (Å²) in [6.07, 6.45) is 0. The van der Waals surface area contributed by atoms with Crippen molar-refractivity contribution >= 4 is 5.97 Å². The van der Waals surface area contributed by atoms with Gasteiger partial charge in [0.1, 0.15) is 0 Å². The van der Waals surface area contributed by atoms with Crippen LogP contribution in [0.25, 0.3) is 0 Å². The van der Waals surface area contributed by atoms with Crippen molar-refractivity contribution in [3.63, 3.8) is 0 Å². The molecule has 0 aromatic carbocycles. The summed E-state index contributed by atoms with van der Waals surface area (Å²) in [5.41, 5.74) is 29.7. The first kappa shape index (κ1) is 20.6. The van der Waals surface area contributed by atoms with Gasteiger partial charge >= 0.3 is 5.97 Å². The third kappa shape index (κ3) is 13.6. The number of nitrogens with two attached hydrogens (primary N) is 1. The minimum absolute atomic E-state index is 0.0297. The van der Waals surface area contributed by atoms with Gasteiger partial charge in [0.15, 0.2) is 6.73 Å². The summed E-state index contributed by atoms with van der Waals surface area (Å²) >= 11 is 0. The van der Waals surface area contributed by atoms with Crippen LogP contribution in [0.5, 0.6) is 0 Å². The van der Waals surface area contributed by atoms with E-state index in [1.54, 1.807) is 14.0 Å². The highest BCUT2D eigenvalue weighted by molar-refractivity contribution is 5.86. The van der Waals surface area contributed by atoms with E-state index < -0.39 is 5.97 Å². The smallest absolute Gasteiger partial charge is 0.334 e. The van der Waals surface area contributed by atoms with Gasteiger partial charge in [0.25, 0.3) is 0 Å². The molecule has 0 amide bonds. The number of rotatable bonds is 15. The Hall–Kier alpha value is -1.35. The normalized spacial score (nSPS) is 10.9. The fourth-order valence-electron chi connectivity index (χ4n) is 0.720. The van der Waals surface area contributed by atoms with Gasteiger partial charge in [-0.25, -0.2) is 4.79 Å². The van der Waals surface area contributed by atoms with E-state index in [4.69, 9.17) is 10.6 Å². The van der Waals surface area contributed by atoms with Gasteiger partial charge in [-0.3, -0.25) is 5.84 Å². The third-order valence-electron chi connectivity index (χ3n) is 1.62. The lowest BCUT2D eigenvalue weighted by Crippen LogP contribution is -2.67. The molecule has 0 heterocycles. The van der Waals surface area contributed by atoms with E-state index in [2.05, 4.69) is 73.0 Å². The first-order valence-electron chi connectivity index (χ1n) is 5.83. The van der Waals surface area contributed by atoms with Crippen LogP contribution in [-0.4, -0.2) is 24.8 Å². The Labute approximate surface area is 126 Å². The zero-order chi connectivity index (χ0) is 16.6. The number of carbonyl (C=O) groups excluding carboxylic acids is 1. The van der Waals surface area contributed by atoms with Crippen LogP contribution >= 0.6 is 0 Å². The first-order valence-corrected chi connectivity index (χ1v) is 5.83. The summed E-state index contributed by atoms with van der Waals surface area (Å²) in [4.78, 5) is 11.1. The van der Waals surface area contributed by atoms with Crippen LogP contribution < -0.4 is 72.3 Å². The second-order valence-electron chi connectivity index (χ2n) is 3.55. The molecular weight excluding hydrogens is 300 g/mol. The van der Waals surface area contributed by atoms with Gasteiger partial charge in [-0.1, -0.05) is 6.58 Å². The van der Waals surface area contributed by atoms with E-state index in [1.165, 1.54) is 5.01 Å². The Kier molecular flexibility index (Phi) is 13.7. The summed E-state index contributed by atoms with van der Waals surface area (Å²) in [6, 6.07) is 0. The Balaban J connectivity index is 3.25. The zero-order valence-electron chi connectivity index (χ0n) is 12.3. The molecule has 0 atom stereocenters. The molecule has 0 unspecified atom stereocenters. The molecule has 0 spiro atoms. The van der Waals surface area contributed by atoms with Gasteiger partial charge in [0.05, 0.1) is 0 Å². The van der Waals surface area contributed by atoms with Gasteiger partial charge in [-0.15, -0.1) is 0 Å². The number of hydrazine groups is 13. The second-order valence-corrected chi connectivity index (χ2v) is 3.55. The Morgan fingerprint density at radius 3 is 1.91 bits per heavy atom. The maximum atomic E-state index is 11.1. The van der Waals surface area contributed by atoms with Gasteiger partial charge in [-0.05, 0) is 6.92 Å². The second kappa shape index (κ2) is 14.6. The SMILES string of the molecule is C=C(C)C(=O)OCN(C)NNNNNNNNNNNNN. The number of nitrogens with zero attached hydrogens (tertiary/aromatic N) is 1. The number of nitrogens with one attached hydrogen (secondary N) is 12. The number of ether oxygens (including phenoxy) is 1. The fraction of sp³-hybridized carbons (Fsp3) is 0.500. The monoisotopic (exact) mass is 324 g/mol. The molecule has 0 aliphatic carbocycles. The predicted octanol–water partition coefficient (Wildman–Crippen LogP) is -6.08. The standard InChI is InChI=1S/C6H24N14O2/c1-5(2)6(21)22-4-20(3)19-18-17-16-15-14-13-12-11-10-9-8-7/h8-19H,1,4,7H2,2-3H3. The molecular formula is C6H24N14O2. The van der Waals surface area contributed by atoms with Crippen LogP contribution in [0.2, 0.25) is 0 Å². The number of hydrogen-bond donors (Lipinski definition) is 13. The van der Waals surface area contributed by atoms with Crippen molar-refractivity contribution in [3.05, 3.63) is 12.2 Å². The molecule has 16 nitrogen and oxygen atoms in total. The van der Waals surface area contributed by atoms with Crippen molar-refractivity contribution in [3.8, 4) is 0 Å². The van der Waals surface area contributed by atoms with Crippen LogP contribution in [0.15, 0.2) is 12.2 Å². The molecule has 22 heavy (non-hydrogen) atoms. The van der Waals surface area contributed by atoms with Crippen molar-refractivity contribution in [1.29, 1.82) is 0 Å². The summed E-state index contributed by atoms with van der Waals surface area (Å²) in [7, 11) is 1.65. The maximum Gasteiger partial charge on any atom is 0.334 e. The lowest BCUT2D eigenvalue weighted by Gasteiger charge is -2.19. The summed E-state index contributed by atoms with van der Waals surface area (Å²) in [6.45, 7) is 5.06. The lowest BCUT2D eigenvalue weighted by molar-refractivity contribution is -0.145. The Morgan fingerprint density at radius 1 is 1.00 bits per heavy atom. The largest absolute Gasteiger partial charge is 0.445 e. The minimum Gasteiger partial charge on any atom is -0.445 e. The van der Waals surface area contributed by atoms with Crippen molar-refractivity contribution < 1.29 is 9.53 Å². The third-order valence-corrected chi connectivity index (χ3v) is 1.62. The molecule has 0 saturated heterocycles. The minimum atomic E-state index is -0.468. The Morgan fingerprint density at radius 2 is 1.45 bits per heavy atom. The number of carbonyl (C=O) groups is 1. The van der Waals surface area contributed by atoms with Crippen molar-refractivity contribution in [2.24, 2.45) is 5.84 Å².